The molecule has 1 rings (SSSR count). The third-order valence-electron chi connectivity index (χ3n) is 1.37. The summed E-state index contributed by atoms with van der Waals surface area (Å²) in [7, 11) is 0. The minimum atomic E-state index is -1.37. The first kappa shape index (κ1) is 7.97. The lowest BCUT2D eigenvalue weighted by Gasteiger charge is -2.08. The maximum absolute atomic E-state index is 10.5. The zero-order chi connectivity index (χ0) is 7.72. The molecule has 0 aromatic rings. The van der Waals surface area contributed by atoms with Gasteiger partial charge in [0.05, 0.1) is 0 Å². The van der Waals surface area contributed by atoms with E-state index in [9.17, 15) is 4.79 Å². The molecule has 10 heavy (non-hydrogen) atoms. The van der Waals surface area contributed by atoms with Gasteiger partial charge in [-0.25, -0.2) is 4.79 Å². The van der Waals surface area contributed by atoms with E-state index in [1.54, 1.807) is 0 Å². The van der Waals surface area contributed by atoms with Crippen LogP contribution in [0.2, 0.25) is 0 Å². The first-order chi connectivity index (χ1) is 4.66. The molecule has 2 N–H and O–H groups in total. The molecule has 0 amide bonds. The van der Waals surface area contributed by atoms with Crippen LogP contribution in [0.3, 0.4) is 0 Å². The molecule has 1 aliphatic heterocycles. The number of hydrogen-bond donors (Lipinski definition) is 2. The molecule has 3 atom stereocenters. The third kappa shape index (κ3) is 1.16. The Hall–Kier alpha value is -0.130. The molecule has 5 heteroatoms. The Morgan fingerprint density at radius 3 is 2.40 bits per heavy atom. The molecule has 0 unspecified atom stereocenters. The molecule has 1 aliphatic rings. The largest absolute Gasteiger partial charge is 0.457 e. The Morgan fingerprint density at radius 2 is 2.20 bits per heavy atom. The van der Waals surface area contributed by atoms with Crippen molar-refractivity contribution in [2.45, 2.75) is 18.3 Å². The van der Waals surface area contributed by atoms with E-state index in [2.05, 4.69) is 20.7 Å². The second-order valence-electron chi connectivity index (χ2n) is 2.07. The summed E-state index contributed by atoms with van der Waals surface area (Å²) in [5.41, 5.74) is 0. The van der Waals surface area contributed by atoms with Gasteiger partial charge in [0.25, 0.3) is 0 Å². The molecule has 58 valence electrons. The van der Waals surface area contributed by atoms with Crippen LogP contribution in [0.4, 0.5) is 0 Å². The lowest BCUT2D eigenvalue weighted by atomic mass is 10.2. The van der Waals surface area contributed by atoms with Crippen molar-refractivity contribution >= 4 is 21.9 Å². The molecule has 0 saturated carbocycles. The molecule has 1 fully saturated rings. The van der Waals surface area contributed by atoms with Crippen molar-refractivity contribution in [2.24, 2.45) is 0 Å². The number of rotatable bonds is 1. The van der Waals surface area contributed by atoms with E-state index < -0.39 is 24.3 Å². The highest BCUT2D eigenvalue weighted by Crippen LogP contribution is 2.16. The van der Waals surface area contributed by atoms with Crippen LogP contribution in [0.25, 0.3) is 0 Å². The van der Waals surface area contributed by atoms with Crippen molar-refractivity contribution in [2.75, 3.05) is 5.33 Å². The van der Waals surface area contributed by atoms with E-state index in [-0.39, 0.29) is 0 Å². The van der Waals surface area contributed by atoms with Gasteiger partial charge in [0.2, 0.25) is 0 Å². The van der Waals surface area contributed by atoms with Gasteiger partial charge in [-0.2, -0.15) is 0 Å². The van der Waals surface area contributed by atoms with Crippen LogP contribution in [0, 0.1) is 0 Å². The van der Waals surface area contributed by atoms with Crippen LogP contribution in [-0.2, 0) is 9.53 Å². The number of aliphatic hydroxyl groups is 2. The predicted molar refractivity (Wildman–Crippen MR) is 35.7 cm³/mol. The molecule has 1 saturated heterocycles. The first-order valence-corrected chi connectivity index (χ1v) is 3.91. The smallest absolute Gasteiger partial charge is 0.338 e. The summed E-state index contributed by atoms with van der Waals surface area (Å²) in [6.45, 7) is 0. The lowest BCUT2D eigenvalue weighted by molar-refractivity contribution is -0.146. The van der Waals surface area contributed by atoms with Crippen LogP contribution in [0.15, 0.2) is 0 Å². The van der Waals surface area contributed by atoms with Crippen molar-refractivity contribution in [3.05, 3.63) is 0 Å². The summed E-state index contributed by atoms with van der Waals surface area (Å²) < 4.78 is 4.55. The standard InChI is InChI=1S/C5H7BrO4/c6-1-2-3(7)4(8)5(9)10-2/h2-4,7-8H,1H2/t2-,3-,4-/m1/s1. The van der Waals surface area contributed by atoms with Crippen molar-refractivity contribution in [1.82, 2.24) is 0 Å². The number of cyclic esters (lactones) is 1. The predicted octanol–water partition coefficient (Wildman–Crippen LogP) is -0.972. The van der Waals surface area contributed by atoms with Crippen LogP contribution < -0.4 is 0 Å². The summed E-state index contributed by atoms with van der Waals surface area (Å²) in [4.78, 5) is 10.5. The van der Waals surface area contributed by atoms with Gasteiger partial charge < -0.3 is 14.9 Å². The molecular formula is C5H7BrO4. The van der Waals surface area contributed by atoms with Crippen LogP contribution in [0.5, 0.6) is 0 Å². The molecule has 0 bridgehead atoms. The summed E-state index contributed by atoms with van der Waals surface area (Å²) in [6, 6.07) is 0. The van der Waals surface area contributed by atoms with Crippen molar-refractivity contribution in [3.8, 4) is 0 Å². The Kier molecular flexibility index (Phi) is 2.28. The second-order valence-corrected chi connectivity index (χ2v) is 2.71. The summed E-state index contributed by atoms with van der Waals surface area (Å²) in [5, 5.41) is 18.2. The molecule has 0 aliphatic carbocycles. The van der Waals surface area contributed by atoms with Gasteiger partial charge in [0.15, 0.2) is 6.10 Å². The number of carbonyl (C=O) groups excluding carboxylic acids is 1. The highest BCUT2D eigenvalue weighted by atomic mass is 79.9. The Morgan fingerprint density at radius 1 is 1.60 bits per heavy atom. The fourth-order valence-electron chi connectivity index (χ4n) is 0.754. The van der Waals surface area contributed by atoms with E-state index >= 15 is 0 Å². The van der Waals surface area contributed by atoms with Gasteiger partial charge >= 0.3 is 5.97 Å². The van der Waals surface area contributed by atoms with Crippen molar-refractivity contribution in [1.29, 1.82) is 0 Å². The number of halogens is 1. The molecular weight excluding hydrogens is 204 g/mol. The number of hydrogen-bond acceptors (Lipinski definition) is 4. The maximum atomic E-state index is 10.5. The number of alkyl halides is 1. The van der Waals surface area contributed by atoms with Crippen molar-refractivity contribution < 1.29 is 19.7 Å². The fourth-order valence-corrected chi connectivity index (χ4v) is 1.27. The zero-order valence-electron chi connectivity index (χ0n) is 5.03. The van der Waals surface area contributed by atoms with Crippen molar-refractivity contribution in [3.63, 3.8) is 0 Å². The van der Waals surface area contributed by atoms with Gasteiger partial charge in [0.1, 0.15) is 12.2 Å². The van der Waals surface area contributed by atoms with Gasteiger partial charge in [-0.05, 0) is 0 Å². The average molecular weight is 211 g/mol. The van der Waals surface area contributed by atoms with Gasteiger partial charge in [0, 0.05) is 5.33 Å². The molecule has 4 nitrogen and oxygen atoms in total. The minimum absolute atomic E-state index is 0.344. The highest BCUT2D eigenvalue weighted by Gasteiger charge is 2.41. The summed E-state index contributed by atoms with van der Waals surface area (Å²) in [6.07, 6.45) is -3.07. The van der Waals surface area contributed by atoms with E-state index in [4.69, 9.17) is 10.2 Å². The van der Waals surface area contributed by atoms with E-state index in [1.807, 2.05) is 0 Å². The number of aliphatic hydroxyl groups excluding tert-OH is 2. The van der Waals surface area contributed by atoms with Crippen LogP contribution >= 0.6 is 15.9 Å². The lowest BCUT2D eigenvalue weighted by Crippen LogP contribution is -2.31. The number of ether oxygens (including phenoxy) is 1. The quantitative estimate of drug-likeness (QED) is 0.432. The van der Waals surface area contributed by atoms with Gasteiger partial charge in [-0.1, -0.05) is 15.9 Å². The van der Waals surface area contributed by atoms with Gasteiger partial charge in [-0.15, -0.1) is 0 Å². The molecule has 1 heterocycles. The first-order valence-electron chi connectivity index (χ1n) is 2.79. The monoisotopic (exact) mass is 210 g/mol. The summed E-state index contributed by atoms with van der Waals surface area (Å²) in [5.74, 6) is -0.753. The van der Waals surface area contributed by atoms with Gasteiger partial charge in [-0.3, -0.25) is 0 Å². The molecule has 0 aromatic carbocycles. The molecule has 0 spiro atoms. The van der Waals surface area contributed by atoms with E-state index in [0.29, 0.717) is 5.33 Å². The average Bonchev–Trinajstić information content (AvgIpc) is 2.17. The zero-order valence-corrected chi connectivity index (χ0v) is 6.61. The number of carbonyl (C=O) groups is 1. The van der Waals surface area contributed by atoms with E-state index in [1.165, 1.54) is 0 Å². The fraction of sp³-hybridized carbons (Fsp3) is 0.800. The minimum Gasteiger partial charge on any atom is -0.457 e. The molecule has 0 radical (unpaired) electrons. The Balaban J connectivity index is 2.61. The maximum Gasteiger partial charge on any atom is 0.338 e. The number of esters is 1. The normalized spacial score (nSPS) is 39.9. The Labute approximate surface area is 65.9 Å². The molecule has 0 aromatic heterocycles. The summed E-state index contributed by atoms with van der Waals surface area (Å²) >= 11 is 3.02. The van der Waals surface area contributed by atoms with E-state index in [0.717, 1.165) is 0 Å². The SMILES string of the molecule is O=C1O[C@H](CBr)[C@@H](O)[C@H]1O. The third-order valence-corrected chi connectivity index (χ3v) is 2.00. The Bertz CT molecular complexity index is 149. The highest BCUT2D eigenvalue weighted by molar-refractivity contribution is 9.09. The van der Waals surface area contributed by atoms with Crippen LogP contribution in [-0.4, -0.2) is 39.8 Å². The topological polar surface area (TPSA) is 66.8 Å². The van der Waals surface area contributed by atoms with Crippen LogP contribution in [0.1, 0.15) is 0 Å². The second kappa shape index (κ2) is 2.86.